The second kappa shape index (κ2) is 9.24. The minimum absolute atomic E-state index is 0.0349. The van der Waals surface area contributed by atoms with Gasteiger partial charge in [0, 0.05) is 5.56 Å². The minimum atomic E-state index is -1.16. The second-order valence-electron chi connectivity index (χ2n) is 7.09. The number of carboxylic acids is 1. The van der Waals surface area contributed by atoms with Crippen LogP contribution in [0, 0.1) is 0 Å². The molecule has 2 N–H and O–H groups in total. The molecule has 10 heteroatoms. The number of carbonyl (C=O) groups is 4. The number of furan rings is 1. The van der Waals surface area contributed by atoms with Crippen LogP contribution in [0.15, 0.2) is 64.6 Å². The Kier molecular flexibility index (Phi) is 6.20. The Balaban J connectivity index is 1.62. The molecule has 34 heavy (non-hydrogen) atoms. The van der Waals surface area contributed by atoms with Gasteiger partial charge in [0.25, 0.3) is 11.8 Å². The highest BCUT2D eigenvalue weighted by Gasteiger charge is 2.37. The van der Waals surface area contributed by atoms with Gasteiger partial charge >= 0.3 is 12.0 Å². The number of carboxylic acid groups (broad SMARTS) is 1. The largest absolute Gasteiger partial charge is 0.494 e. The molecular formula is C24H17ClN2O7. The fourth-order valence-corrected chi connectivity index (χ4v) is 3.58. The van der Waals surface area contributed by atoms with Gasteiger partial charge in [-0.3, -0.25) is 14.9 Å². The summed E-state index contributed by atoms with van der Waals surface area (Å²) in [6, 6.07) is 12.8. The monoisotopic (exact) mass is 480 g/mol. The number of nitrogens with one attached hydrogen (secondary N) is 1. The molecule has 2 aromatic carbocycles. The summed E-state index contributed by atoms with van der Waals surface area (Å²) in [5.41, 5.74) is 0.416. The van der Waals surface area contributed by atoms with Crippen LogP contribution >= 0.6 is 11.6 Å². The van der Waals surface area contributed by atoms with Gasteiger partial charge in [0.2, 0.25) is 0 Å². The van der Waals surface area contributed by atoms with E-state index in [4.69, 9.17) is 25.9 Å². The van der Waals surface area contributed by atoms with Crippen molar-refractivity contribution in [1.29, 1.82) is 0 Å². The Hall–Kier alpha value is -4.37. The SMILES string of the molecule is CCOc1ccc(N2C(=O)NC(=O)C(=Cc3ccc(-c4ccc(C(=O)O)c(Cl)c4)o3)C2=O)cc1. The number of carbonyl (C=O) groups excluding carboxylic acids is 3. The molecule has 3 aromatic rings. The number of benzene rings is 2. The van der Waals surface area contributed by atoms with E-state index in [1.165, 1.54) is 42.5 Å². The van der Waals surface area contributed by atoms with E-state index in [2.05, 4.69) is 5.32 Å². The summed E-state index contributed by atoms with van der Waals surface area (Å²) in [5, 5.41) is 11.3. The van der Waals surface area contributed by atoms with Gasteiger partial charge in [0.05, 0.1) is 22.9 Å². The van der Waals surface area contributed by atoms with Gasteiger partial charge in [0.15, 0.2) is 0 Å². The molecule has 0 bridgehead atoms. The molecule has 1 aliphatic rings. The molecular weight excluding hydrogens is 464 g/mol. The zero-order chi connectivity index (χ0) is 24.4. The molecule has 172 valence electrons. The van der Waals surface area contributed by atoms with Crippen LogP contribution in [0.3, 0.4) is 0 Å². The number of amides is 4. The molecule has 0 aliphatic carbocycles. The Morgan fingerprint density at radius 1 is 1.12 bits per heavy atom. The van der Waals surface area contributed by atoms with E-state index >= 15 is 0 Å². The fraction of sp³-hybridized carbons (Fsp3) is 0.0833. The summed E-state index contributed by atoms with van der Waals surface area (Å²) >= 11 is 6.01. The molecule has 0 saturated carbocycles. The topological polar surface area (TPSA) is 126 Å². The number of hydrogen-bond donors (Lipinski definition) is 2. The Morgan fingerprint density at radius 3 is 2.50 bits per heavy atom. The van der Waals surface area contributed by atoms with Gasteiger partial charge < -0.3 is 14.3 Å². The first-order valence-electron chi connectivity index (χ1n) is 10.1. The molecule has 1 aliphatic heterocycles. The van der Waals surface area contributed by atoms with Crippen LogP contribution in [-0.4, -0.2) is 35.5 Å². The van der Waals surface area contributed by atoms with Crippen LogP contribution < -0.4 is 15.0 Å². The Bertz CT molecular complexity index is 1340. The Morgan fingerprint density at radius 2 is 1.85 bits per heavy atom. The molecule has 0 atom stereocenters. The molecule has 0 unspecified atom stereocenters. The van der Waals surface area contributed by atoms with Crippen molar-refractivity contribution < 1.29 is 33.4 Å². The van der Waals surface area contributed by atoms with Crippen LogP contribution in [0.5, 0.6) is 5.75 Å². The van der Waals surface area contributed by atoms with E-state index in [9.17, 15) is 19.2 Å². The number of barbiturate groups is 1. The third-order valence-electron chi connectivity index (χ3n) is 4.90. The van der Waals surface area contributed by atoms with Crippen molar-refractivity contribution >= 4 is 47.2 Å². The van der Waals surface area contributed by atoms with Crippen molar-refractivity contribution in [1.82, 2.24) is 5.32 Å². The van der Waals surface area contributed by atoms with Crippen LogP contribution in [0.2, 0.25) is 5.02 Å². The normalized spacial score (nSPS) is 14.9. The lowest BCUT2D eigenvalue weighted by Crippen LogP contribution is -2.54. The summed E-state index contributed by atoms with van der Waals surface area (Å²) in [4.78, 5) is 49.7. The van der Waals surface area contributed by atoms with Crippen molar-refractivity contribution in [3.63, 3.8) is 0 Å². The number of ether oxygens (including phenoxy) is 1. The molecule has 1 saturated heterocycles. The number of anilines is 1. The van der Waals surface area contributed by atoms with Gasteiger partial charge in [-0.2, -0.15) is 0 Å². The van der Waals surface area contributed by atoms with Gasteiger partial charge in [-0.1, -0.05) is 17.7 Å². The predicted molar refractivity (Wildman–Crippen MR) is 123 cm³/mol. The first-order chi connectivity index (χ1) is 16.3. The standard InChI is InChI=1S/C24H17ClN2O7/c1-2-33-15-6-4-14(5-7-15)27-22(29)18(21(28)26-24(27)32)12-16-8-10-20(34-16)13-3-9-17(23(30)31)19(25)11-13/h3-12H,2H2,1H3,(H,30,31)(H,26,28,32). The van der Waals surface area contributed by atoms with E-state index in [0.29, 0.717) is 23.7 Å². The second-order valence-corrected chi connectivity index (χ2v) is 7.49. The highest BCUT2D eigenvalue weighted by molar-refractivity contribution is 6.39. The summed E-state index contributed by atoms with van der Waals surface area (Å²) in [5.74, 6) is -1.74. The maximum absolute atomic E-state index is 13.0. The van der Waals surface area contributed by atoms with Crippen LogP contribution in [0.25, 0.3) is 17.4 Å². The number of aromatic carboxylic acids is 1. The molecule has 1 aromatic heterocycles. The van der Waals surface area contributed by atoms with Crippen LogP contribution in [0.4, 0.5) is 10.5 Å². The highest BCUT2D eigenvalue weighted by atomic mass is 35.5. The molecule has 4 amide bonds. The number of hydrogen-bond acceptors (Lipinski definition) is 6. The maximum Gasteiger partial charge on any atom is 0.337 e. The quantitative estimate of drug-likeness (QED) is 0.396. The van der Waals surface area contributed by atoms with Crippen LogP contribution in [-0.2, 0) is 9.59 Å². The number of imide groups is 2. The Labute approximate surface area is 198 Å². The first-order valence-corrected chi connectivity index (χ1v) is 10.4. The molecule has 1 fully saturated rings. The van der Waals surface area contributed by atoms with Gasteiger partial charge in [-0.05, 0) is 61.5 Å². The van der Waals surface area contributed by atoms with E-state index in [-0.39, 0.29) is 27.6 Å². The lowest BCUT2D eigenvalue weighted by molar-refractivity contribution is -0.122. The van der Waals surface area contributed by atoms with Crippen LogP contribution in [0.1, 0.15) is 23.0 Å². The molecule has 4 rings (SSSR count). The molecule has 2 heterocycles. The summed E-state index contributed by atoms with van der Waals surface area (Å²) in [6.45, 7) is 2.29. The predicted octanol–water partition coefficient (Wildman–Crippen LogP) is 4.36. The number of urea groups is 1. The zero-order valence-corrected chi connectivity index (χ0v) is 18.5. The zero-order valence-electron chi connectivity index (χ0n) is 17.7. The third-order valence-corrected chi connectivity index (χ3v) is 5.22. The van der Waals surface area contributed by atoms with E-state index in [1.807, 2.05) is 6.92 Å². The lowest BCUT2D eigenvalue weighted by Gasteiger charge is -2.26. The number of halogens is 1. The van der Waals surface area contributed by atoms with Crippen molar-refractivity contribution in [2.45, 2.75) is 6.92 Å². The molecule has 0 radical (unpaired) electrons. The van der Waals surface area contributed by atoms with Gasteiger partial charge in [-0.15, -0.1) is 0 Å². The van der Waals surface area contributed by atoms with Crippen molar-refractivity contribution in [3.05, 3.63) is 76.5 Å². The number of nitrogens with zero attached hydrogens (tertiary/aromatic N) is 1. The van der Waals surface area contributed by atoms with E-state index in [0.717, 1.165) is 4.90 Å². The highest BCUT2D eigenvalue weighted by Crippen LogP contribution is 2.29. The van der Waals surface area contributed by atoms with Crippen molar-refractivity contribution in [2.24, 2.45) is 0 Å². The van der Waals surface area contributed by atoms with Crippen molar-refractivity contribution in [2.75, 3.05) is 11.5 Å². The third kappa shape index (κ3) is 4.41. The summed E-state index contributed by atoms with van der Waals surface area (Å²) in [7, 11) is 0. The summed E-state index contributed by atoms with van der Waals surface area (Å²) < 4.78 is 11.1. The van der Waals surface area contributed by atoms with Gasteiger partial charge in [-0.25, -0.2) is 14.5 Å². The maximum atomic E-state index is 13.0. The minimum Gasteiger partial charge on any atom is -0.494 e. The fourth-order valence-electron chi connectivity index (χ4n) is 3.32. The average molecular weight is 481 g/mol. The first kappa shape index (κ1) is 22.8. The molecule has 0 spiro atoms. The van der Waals surface area contributed by atoms with Gasteiger partial charge in [0.1, 0.15) is 22.8 Å². The smallest absolute Gasteiger partial charge is 0.337 e. The van der Waals surface area contributed by atoms with E-state index in [1.54, 1.807) is 18.2 Å². The number of rotatable bonds is 6. The average Bonchev–Trinajstić information content (AvgIpc) is 3.26. The van der Waals surface area contributed by atoms with Crippen molar-refractivity contribution in [3.8, 4) is 17.1 Å². The van der Waals surface area contributed by atoms with E-state index < -0.39 is 23.8 Å². The summed E-state index contributed by atoms with van der Waals surface area (Å²) in [6.07, 6.45) is 1.22. The molecule has 9 nitrogen and oxygen atoms in total. The lowest BCUT2D eigenvalue weighted by atomic mass is 10.1.